The van der Waals surface area contributed by atoms with Crippen molar-refractivity contribution in [2.75, 3.05) is 31.1 Å². The number of oxazole rings is 1. The van der Waals surface area contributed by atoms with Gasteiger partial charge in [0.25, 0.3) is 0 Å². The van der Waals surface area contributed by atoms with Crippen LogP contribution in [0, 0.1) is 13.8 Å². The van der Waals surface area contributed by atoms with E-state index in [0.29, 0.717) is 0 Å². The summed E-state index contributed by atoms with van der Waals surface area (Å²) in [4.78, 5) is 18.2. The number of aryl methyl sites for hydroxylation is 1. The van der Waals surface area contributed by atoms with Crippen LogP contribution >= 0.6 is 0 Å². The van der Waals surface area contributed by atoms with Crippen molar-refractivity contribution in [2.45, 2.75) is 38.8 Å². The molecule has 2 aliphatic rings. The molecule has 0 radical (unpaired) electrons. The summed E-state index contributed by atoms with van der Waals surface area (Å²) in [5, 5.41) is 0. The lowest BCUT2D eigenvalue weighted by atomic mass is 10.1. The molecule has 0 unspecified atom stereocenters. The molecule has 7 heteroatoms. The summed E-state index contributed by atoms with van der Waals surface area (Å²) in [6.45, 7) is 8.65. The summed E-state index contributed by atoms with van der Waals surface area (Å²) >= 11 is 0. The lowest BCUT2D eigenvalue weighted by Crippen LogP contribution is -2.46. The van der Waals surface area contributed by atoms with Gasteiger partial charge in [-0.2, -0.15) is 0 Å². The van der Waals surface area contributed by atoms with Crippen molar-refractivity contribution in [1.82, 2.24) is 19.9 Å². The van der Waals surface area contributed by atoms with E-state index < -0.39 is 0 Å². The third-order valence-corrected chi connectivity index (χ3v) is 6.14. The lowest BCUT2D eigenvalue weighted by Gasteiger charge is -2.35. The molecular weight excluding hydrogens is 352 g/mol. The highest BCUT2D eigenvalue weighted by molar-refractivity contribution is 5.74. The quantitative estimate of drug-likeness (QED) is 0.747. The summed E-state index contributed by atoms with van der Waals surface area (Å²) in [7, 11) is 0. The maximum absolute atomic E-state index is 6.31. The summed E-state index contributed by atoms with van der Waals surface area (Å²) in [5.74, 6) is 1.83. The summed E-state index contributed by atoms with van der Waals surface area (Å²) < 4.78 is 6.04. The second-order valence-electron chi connectivity index (χ2n) is 8.12. The largest absolute Gasteiger partial charge is 0.439 e. The van der Waals surface area contributed by atoms with Crippen LogP contribution in [-0.4, -0.2) is 46.0 Å². The molecule has 146 valence electrons. The molecule has 1 aromatic carbocycles. The van der Waals surface area contributed by atoms with Gasteiger partial charge in [-0.25, -0.2) is 15.0 Å². The van der Waals surface area contributed by atoms with Crippen LogP contribution in [0.2, 0.25) is 0 Å². The molecule has 0 atom stereocenters. The Kier molecular flexibility index (Phi) is 4.10. The normalized spacial score (nSPS) is 19.3. The van der Waals surface area contributed by atoms with E-state index >= 15 is 0 Å². The summed E-state index contributed by atoms with van der Waals surface area (Å²) in [6.07, 6.45) is 3.76. The molecule has 1 saturated heterocycles. The molecule has 1 saturated carbocycles. The molecular formula is C21H26N6O. The van der Waals surface area contributed by atoms with Crippen LogP contribution in [0.15, 0.2) is 28.9 Å². The number of hydrogen-bond acceptors (Lipinski definition) is 7. The Hall–Kier alpha value is -2.51. The van der Waals surface area contributed by atoms with Gasteiger partial charge in [0.05, 0.1) is 6.54 Å². The first-order chi connectivity index (χ1) is 13.5. The van der Waals surface area contributed by atoms with Crippen molar-refractivity contribution in [3.05, 3.63) is 47.2 Å². The second kappa shape index (κ2) is 6.53. The standard InChI is InChI=1S/C21H26N6O/c1-14-15(2)23-13-24-20(14)27-9-7-26(8-10-27)12-19-25-17-4-3-16(11-18(17)28-19)21(22)5-6-21/h3-4,11,13H,5-10,12,22H2,1-2H3. The Morgan fingerprint density at radius 2 is 1.89 bits per heavy atom. The predicted molar refractivity (Wildman–Crippen MR) is 108 cm³/mol. The number of benzene rings is 1. The fraction of sp³-hybridized carbons (Fsp3) is 0.476. The average molecular weight is 378 g/mol. The van der Waals surface area contributed by atoms with Crippen molar-refractivity contribution in [3.63, 3.8) is 0 Å². The molecule has 0 amide bonds. The maximum Gasteiger partial charge on any atom is 0.209 e. The number of aromatic nitrogens is 3. The first kappa shape index (κ1) is 17.6. The first-order valence-corrected chi connectivity index (χ1v) is 9.96. The SMILES string of the molecule is Cc1ncnc(N2CCN(Cc3nc4ccc(C5(N)CC5)cc4o3)CC2)c1C. The van der Waals surface area contributed by atoms with Gasteiger partial charge < -0.3 is 15.1 Å². The Bertz CT molecular complexity index is 1020. The van der Waals surface area contributed by atoms with Crippen molar-refractivity contribution in [2.24, 2.45) is 5.73 Å². The van der Waals surface area contributed by atoms with Gasteiger partial charge in [-0.05, 0) is 44.4 Å². The molecule has 5 rings (SSSR count). The predicted octanol–water partition coefficient (Wildman–Crippen LogP) is 2.50. The molecule has 7 nitrogen and oxygen atoms in total. The number of nitrogens with two attached hydrogens (primary N) is 1. The molecule has 1 aliphatic carbocycles. The number of fused-ring (bicyclic) bond motifs is 1. The van der Waals surface area contributed by atoms with Crippen LogP contribution in [0.25, 0.3) is 11.1 Å². The highest BCUT2D eigenvalue weighted by atomic mass is 16.3. The first-order valence-electron chi connectivity index (χ1n) is 9.96. The molecule has 2 N–H and O–H groups in total. The number of anilines is 1. The smallest absolute Gasteiger partial charge is 0.209 e. The van der Waals surface area contributed by atoms with Gasteiger partial charge in [0.2, 0.25) is 5.89 Å². The minimum absolute atomic E-state index is 0.144. The molecule has 2 aromatic heterocycles. The topological polar surface area (TPSA) is 84.3 Å². The Labute approximate surface area is 164 Å². The van der Waals surface area contributed by atoms with Gasteiger partial charge in [0.15, 0.2) is 5.58 Å². The van der Waals surface area contributed by atoms with Crippen LogP contribution in [0.4, 0.5) is 5.82 Å². The van der Waals surface area contributed by atoms with Crippen LogP contribution in [0.3, 0.4) is 0 Å². The van der Waals surface area contributed by atoms with Crippen molar-refractivity contribution in [1.29, 1.82) is 0 Å². The molecule has 3 aromatic rings. The fourth-order valence-corrected chi connectivity index (χ4v) is 3.93. The van der Waals surface area contributed by atoms with Crippen LogP contribution < -0.4 is 10.6 Å². The Morgan fingerprint density at radius 1 is 1.11 bits per heavy atom. The van der Waals surface area contributed by atoms with Crippen molar-refractivity contribution >= 4 is 16.9 Å². The summed E-state index contributed by atoms with van der Waals surface area (Å²) in [5.41, 5.74) is 11.3. The van der Waals surface area contributed by atoms with Crippen molar-refractivity contribution in [3.8, 4) is 0 Å². The van der Waals surface area contributed by atoms with Crippen LogP contribution in [-0.2, 0) is 12.1 Å². The second-order valence-corrected chi connectivity index (χ2v) is 8.12. The monoisotopic (exact) mass is 378 g/mol. The average Bonchev–Trinajstić information content (AvgIpc) is 3.32. The van der Waals surface area contributed by atoms with Gasteiger partial charge >= 0.3 is 0 Å². The highest BCUT2D eigenvalue weighted by Crippen LogP contribution is 2.43. The minimum atomic E-state index is -0.144. The van der Waals surface area contributed by atoms with Gasteiger partial charge in [0.1, 0.15) is 17.7 Å². The third-order valence-electron chi connectivity index (χ3n) is 6.14. The van der Waals surface area contributed by atoms with Crippen molar-refractivity contribution < 1.29 is 4.42 Å². The molecule has 28 heavy (non-hydrogen) atoms. The lowest BCUT2D eigenvalue weighted by molar-refractivity contribution is 0.228. The number of piperazine rings is 1. The van der Waals surface area contributed by atoms with E-state index in [4.69, 9.17) is 10.2 Å². The third kappa shape index (κ3) is 3.14. The molecule has 0 spiro atoms. The maximum atomic E-state index is 6.31. The summed E-state index contributed by atoms with van der Waals surface area (Å²) in [6, 6.07) is 6.19. The number of hydrogen-bond donors (Lipinski definition) is 1. The molecule has 1 aliphatic heterocycles. The molecule has 3 heterocycles. The number of rotatable bonds is 4. The molecule has 0 bridgehead atoms. The van der Waals surface area contributed by atoms with Gasteiger partial charge in [-0.15, -0.1) is 0 Å². The van der Waals surface area contributed by atoms with Gasteiger partial charge in [-0.1, -0.05) is 6.07 Å². The zero-order valence-electron chi connectivity index (χ0n) is 16.5. The Morgan fingerprint density at radius 3 is 2.64 bits per heavy atom. The van der Waals surface area contributed by atoms with E-state index in [1.54, 1.807) is 6.33 Å². The number of nitrogens with zero attached hydrogens (tertiary/aromatic N) is 5. The Balaban J connectivity index is 1.26. The zero-order valence-corrected chi connectivity index (χ0v) is 16.5. The van der Waals surface area contributed by atoms with Gasteiger partial charge in [0, 0.05) is 43.0 Å². The zero-order chi connectivity index (χ0) is 19.3. The van der Waals surface area contributed by atoms with Crippen LogP contribution in [0.1, 0.15) is 35.6 Å². The van der Waals surface area contributed by atoms with E-state index in [1.807, 2.05) is 13.0 Å². The van der Waals surface area contributed by atoms with E-state index in [9.17, 15) is 0 Å². The van der Waals surface area contributed by atoms with E-state index in [2.05, 4.69) is 43.8 Å². The van der Waals surface area contributed by atoms with Crippen LogP contribution in [0.5, 0.6) is 0 Å². The fourth-order valence-electron chi connectivity index (χ4n) is 3.93. The van der Waals surface area contributed by atoms with E-state index in [1.165, 1.54) is 5.56 Å². The minimum Gasteiger partial charge on any atom is -0.439 e. The highest BCUT2D eigenvalue weighted by Gasteiger charge is 2.40. The van der Waals surface area contributed by atoms with E-state index in [-0.39, 0.29) is 5.54 Å². The van der Waals surface area contributed by atoms with Gasteiger partial charge in [-0.3, -0.25) is 4.90 Å². The molecule has 2 fully saturated rings. The van der Waals surface area contributed by atoms with E-state index in [0.717, 1.165) is 79.6 Å².